The topological polar surface area (TPSA) is 114 Å². The molecule has 1 aromatic rings. The second-order valence-corrected chi connectivity index (χ2v) is 9.92. The number of hydrogen-bond acceptors (Lipinski definition) is 6. The van der Waals surface area contributed by atoms with Crippen LogP contribution in [0.15, 0.2) is 18.2 Å². The van der Waals surface area contributed by atoms with Crippen molar-refractivity contribution in [3.05, 3.63) is 34.9 Å². The Morgan fingerprint density at radius 3 is 2.11 bits per heavy atom. The Bertz CT molecular complexity index is 904. The SMILES string of the molecule is CCOC(=O)CCNC(=O)C(c1c(C)cccc1C)N(C(=O)C(C)NC(=O)OC(C)(C)C)C(C)CC. The molecule has 9 heteroatoms. The molecule has 0 aliphatic heterocycles. The Hall–Kier alpha value is -3.10. The highest BCUT2D eigenvalue weighted by Gasteiger charge is 2.38. The Kier molecular flexibility index (Phi) is 11.9. The molecule has 3 unspecified atom stereocenters. The molecule has 1 aromatic carbocycles. The van der Waals surface area contributed by atoms with Gasteiger partial charge in [-0.3, -0.25) is 14.4 Å². The van der Waals surface area contributed by atoms with Gasteiger partial charge in [0.1, 0.15) is 17.7 Å². The van der Waals surface area contributed by atoms with Gasteiger partial charge in [0.2, 0.25) is 11.8 Å². The van der Waals surface area contributed by atoms with Crippen molar-refractivity contribution in [2.45, 2.75) is 98.9 Å². The number of hydrogen-bond donors (Lipinski definition) is 2. The first-order chi connectivity index (χ1) is 16.7. The number of esters is 1. The maximum absolute atomic E-state index is 13.8. The predicted octanol–water partition coefficient (Wildman–Crippen LogP) is 3.95. The van der Waals surface area contributed by atoms with Gasteiger partial charge in [0.25, 0.3) is 0 Å². The Morgan fingerprint density at radius 2 is 1.61 bits per heavy atom. The fourth-order valence-corrected chi connectivity index (χ4v) is 3.84. The zero-order valence-electron chi connectivity index (χ0n) is 23.2. The van der Waals surface area contributed by atoms with Crippen molar-refractivity contribution in [2.75, 3.05) is 13.2 Å². The van der Waals surface area contributed by atoms with Crippen LogP contribution in [0.25, 0.3) is 0 Å². The van der Waals surface area contributed by atoms with Gasteiger partial charge in [-0.2, -0.15) is 0 Å². The summed E-state index contributed by atoms with van der Waals surface area (Å²) in [5.41, 5.74) is 1.70. The summed E-state index contributed by atoms with van der Waals surface area (Å²) in [6, 6.07) is 3.46. The maximum Gasteiger partial charge on any atom is 0.408 e. The summed E-state index contributed by atoms with van der Waals surface area (Å²) in [6.45, 7) is 16.4. The first-order valence-corrected chi connectivity index (χ1v) is 12.5. The lowest BCUT2D eigenvalue weighted by Gasteiger charge is -2.38. The Labute approximate surface area is 215 Å². The zero-order valence-corrected chi connectivity index (χ0v) is 23.2. The molecule has 2 N–H and O–H groups in total. The quantitative estimate of drug-likeness (QED) is 0.440. The molecule has 0 radical (unpaired) electrons. The number of nitrogens with one attached hydrogen (secondary N) is 2. The van der Waals surface area contributed by atoms with Gasteiger partial charge < -0.3 is 25.0 Å². The highest BCUT2D eigenvalue weighted by molar-refractivity contribution is 5.92. The molecule has 202 valence electrons. The number of benzene rings is 1. The van der Waals surface area contributed by atoms with E-state index in [4.69, 9.17) is 9.47 Å². The average Bonchev–Trinajstić information content (AvgIpc) is 2.76. The van der Waals surface area contributed by atoms with E-state index in [-0.39, 0.29) is 25.6 Å². The second kappa shape index (κ2) is 13.8. The zero-order chi connectivity index (χ0) is 27.6. The van der Waals surface area contributed by atoms with Crippen molar-refractivity contribution in [1.29, 1.82) is 0 Å². The number of aryl methyl sites for hydroxylation is 2. The fraction of sp³-hybridized carbons (Fsp3) is 0.630. The Balaban J connectivity index is 3.38. The van der Waals surface area contributed by atoms with Crippen LogP contribution >= 0.6 is 0 Å². The van der Waals surface area contributed by atoms with Gasteiger partial charge in [-0.25, -0.2) is 4.79 Å². The van der Waals surface area contributed by atoms with E-state index in [1.807, 2.05) is 45.9 Å². The smallest absolute Gasteiger partial charge is 0.408 e. The lowest BCUT2D eigenvalue weighted by atomic mass is 9.92. The summed E-state index contributed by atoms with van der Waals surface area (Å²) in [4.78, 5) is 53.0. The normalized spacial score (nSPS) is 13.7. The van der Waals surface area contributed by atoms with Gasteiger partial charge in [-0.05, 0) is 78.5 Å². The largest absolute Gasteiger partial charge is 0.466 e. The van der Waals surface area contributed by atoms with Gasteiger partial charge in [-0.1, -0.05) is 25.1 Å². The van der Waals surface area contributed by atoms with Crippen molar-refractivity contribution in [3.63, 3.8) is 0 Å². The second-order valence-electron chi connectivity index (χ2n) is 9.92. The first kappa shape index (κ1) is 30.9. The molecule has 0 fully saturated rings. The lowest BCUT2D eigenvalue weighted by molar-refractivity contribution is -0.145. The van der Waals surface area contributed by atoms with Crippen LogP contribution in [-0.4, -0.2) is 59.6 Å². The van der Waals surface area contributed by atoms with E-state index in [1.54, 1.807) is 34.6 Å². The number of amides is 3. The molecule has 0 aliphatic carbocycles. The predicted molar refractivity (Wildman–Crippen MR) is 138 cm³/mol. The molecule has 0 aliphatic rings. The van der Waals surface area contributed by atoms with Crippen molar-refractivity contribution in [2.24, 2.45) is 0 Å². The molecule has 3 atom stereocenters. The van der Waals surface area contributed by atoms with Crippen LogP contribution in [0.2, 0.25) is 0 Å². The van der Waals surface area contributed by atoms with Crippen molar-refractivity contribution in [1.82, 2.24) is 15.5 Å². The highest BCUT2D eigenvalue weighted by Crippen LogP contribution is 2.30. The van der Waals surface area contributed by atoms with Gasteiger partial charge >= 0.3 is 12.1 Å². The molecular weight excluding hydrogens is 462 g/mol. The van der Waals surface area contributed by atoms with E-state index in [1.165, 1.54) is 4.90 Å². The summed E-state index contributed by atoms with van der Waals surface area (Å²) >= 11 is 0. The summed E-state index contributed by atoms with van der Waals surface area (Å²) < 4.78 is 10.3. The van der Waals surface area contributed by atoms with Gasteiger partial charge in [0.05, 0.1) is 13.0 Å². The molecule has 1 rings (SSSR count). The first-order valence-electron chi connectivity index (χ1n) is 12.5. The summed E-state index contributed by atoms with van der Waals surface area (Å²) in [5.74, 6) is -1.23. The van der Waals surface area contributed by atoms with Gasteiger partial charge in [0.15, 0.2) is 0 Å². The highest BCUT2D eigenvalue weighted by atomic mass is 16.6. The molecule has 9 nitrogen and oxygen atoms in total. The number of carbonyl (C=O) groups excluding carboxylic acids is 4. The summed E-state index contributed by atoms with van der Waals surface area (Å²) in [7, 11) is 0. The summed E-state index contributed by atoms with van der Waals surface area (Å²) in [6.07, 6.45) is -0.106. The van der Waals surface area contributed by atoms with E-state index in [9.17, 15) is 19.2 Å². The van der Waals surface area contributed by atoms with Crippen LogP contribution in [0.3, 0.4) is 0 Å². The molecule has 0 saturated heterocycles. The van der Waals surface area contributed by atoms with E-state index in [0.29, 0.717) is 12.0 Å². The van der Waals surface area contributed by atoms with Crippen molar-refractivity contribution >= 4 is 23.9 Å². The average molecular weight is 506 g/mol. The molecule has 0 bridgehead atoms. The third-order valence-corrected chi connectivity index (χ3v) is 5.70. The minimum atomic E-state index is -0.960. The number of ether oxygens (including phenoxy) is 2. The fourth-order valence-electron chi connectivity index (χ4n) is 3.84. The molecule has 0 heterocycles. The third-order valence-electron chi connectivity index (χ3n) is 5.70. The minimum Gasteiger partial charge on any atom is -0.466 e. The van der Waals surface area contributed by atoms with Crippen molar-refractivity contribution in [3.8, 4) is 0 Å². The van der Waals surface area contributed by atoms with E-state index < -0.39 is 41.6 Å². The number of alkyl carbamates (subject to hydrolysis) is 1. The molecule has 0 saturated carbocycles. The number of rotatable bonds is 11. The van der Waals surface area contributed by atoms with E-state index in [0.717, 1.165) is 11.1 Å². The van der Waals surface area contributed by atoms with Crippen molar-refractivity contribution < 1.29 is 28.7 Å². The number of carbonyl (C=O) groups is 4. The van der Waals surface area contributed by atoms with Crippen LogP contribution < -0.4 is 10.6 Å². The van der Waals surface area contributed by atoms with Crippen LogP contribution in [0.4, 0.5) is 4.79 Å². The lowest BCUT2D eigenvalue weighted by Crippen LogP contribution is -2.55. The number of nitrogens with zero attached hydrogens (tertiary/aromatic N) is 1. The molecule has 0 spiro atoms. The van der Waals surface area contributed by atoms with E-state index in [2.05, 4.69) is 10.6 Å². The molecule has 36 heavy (non-hydrogen) atoms. The summed E-state index contributed by atoms with van der Waals surface area (Å²) in [5, 5.41) is 5.40. The monoisotopic (exact) mass is 505 g/mol. The molecular formula is C27H43N3O6. The molecule has 0 aromatic heterocycles. The molecule has 3 amide bonds. The maximum atomic E-state index is 13.8. The van der Waals surface area contributed by atoms with E-state index >= 15 is 0 Å². The van der Waals surface area contributed by atoms with Gasteiger partial charge in [-0.15, -0.1) is 0 Å². The Morgan fingerprint density at radius 1 is 1.03 bits per heavy atom. The minimum absolute atomic E-state index is 0.0208. The van der Waals surface area contributed by atoms with Crippen LogP contribution in [0, 0.1) is 13.8 Å². The van der Waals surface area contributed by atoms with Crippen LogP contribution in [0.1, 0.15) is 84.0 Å². The van der Waals surface area contributed by atoms with Gasteiger partial charge in [0, 0.05) is 12.6 Å². The standard InChI is InChI=1S/C27H43N3O6/c1-10-19(5)30(25(33)20(6)29-26(34)36-27(7,8)9)23(22-17(3)13-12-14-18(22)4)24(32)28-16-15-21(31)35-11-2/h12-14,19-20,23H,10-11,15-16H2,1-9H3,(H,28,32)(H,29,34). The van der Waals surface area contributed by atoms with Crippen LogP contribution in [0.5, 0.6) is 0 Å². The third kappa shape index (κ3) is 9.17. The van der Waals surface area contributed by atoms with Crippen LogP contribution in [-0.2, 0) is 23.9 Å².